The van der Waals surface area contributed by atoms with Gasteiger partial charge in [0.25, 0.3) is 0 Å². The normalized spacial score (nSPS) is 10.8. The summed E-state index contributed by atoms with van der Waals surface area (Å²) in [4.78, 5) is 8.72. The molecule has 0 unspecified atom stereocenters. The summed E-state index contributed by atoms with van der Waals surface area (Å²) in [5, 5.41) is 8.64. The zero-order valence-electron chi connectivity index (χ0n) is 12.0. The molecule has 0 saturated carbocycles. The fourth-order valence-corrected chi connectivity index (χ4v) is 2.64. The van der Waals surface area contributed by atoms with E-state index in [-0.39, 0.29) is 0 Å². The van der Waals surface area contributed by atoms with Gasteiger partial charge in [-0.05, 0) is 36.4 Å². The highest BCUT2D eigenvalue weighted by molar-refractivity contribution is 9.10. The Labute approximate surface area is 141 Å². The number of halogens is 1. The summed E-state index contributed by atoms with van der Waals surface area (Å²) in [5.41, 5.74) is 2.70. The topological polar surface area (TPSA) is 55.6 Å². The number of para-hydroxylation sites is 1. The molecule has 0 bridgehead atoms. The molecule has 4 rings (SSSR count). The van der Waals surface area contributed by atoms with Crippen LogP contribution in [0.25, 0.3) is 16.7 Å². The highest BCUT2D eigenvalue weighted by Gasteiger charge is 2.11. The van der Waals surface area contributed by atoms with E-state index >= 15 is 0 Å². The second kappa shape index (κ2) is 5.81. The molecular formula is C17H12BrN5. The molecule has 1 N–H and O–H groups in total. The molecule has 2 aromatic carbocycles. The van der Waals surface area contributed by atoms with Crippen LogP contribution in [0.5, 0.6) is 0 Å². The molecule has 5 nitrogen and oxygen atoms in total. The van der Waals surface area contributed by atoms with Gasteiger partial charge in [0.2, 0.25) is 0 Å². The SMILES string of the molecule is Brc1ccc(Nc2ncnc3c2cnn3-c2ccccc2)cc1. The molecular weight excluding hydrogens is 354 g/mol. The molecule has 0 atom stereocenters. The quantitative estimate of drug-likeness (QED) is 0.587. The molecule has 0 aliphatic carbocycles. The number of anilines is 2. The van der Waals surface area contributed by atoms with Gasteiger partial charge < -0.3 is 5.32 Å². The smallest absolute Gasteiger partial charge is 0.168 e. The molecule has 2 aromatic heterocycles. The molecule has 0 radical (unpaired) electrons. The maximum Gasteiger partial charge on any atom is 0.168 e. The summed E-state index contributed by atoms with van der Waals surface area (Å²) >= 11 is 3.43. The molecule has 0 aliphatic heterocycles. The predicted octanol–water partition coefficient (Wildman–Crippen LogP) is 4.32. The van der Waals surface area contributed by atoms with Crippen molar-refractivity contribution in [3.63, 3.8) is 0 Å². The largest absolute Gasteiger partial charge is 0.340 e. The fourth-order valence-electron chi connectivity index (χ4n) is 2.37. The Morgan fingerprint density at radius 1 is 0.913 bits per heavy atom. The van der Waals surface area contributed by atoms with E-state index in [0.717, 1.165) is 32.7 Å². The first kappa shape index (κ1) is 13.9. The lowest BCUT2D eigenvalue weighted by molar-refractivity contribution is 0.895. The van der Waals surface area contributed by atoms with Crippen LogP contribution in [0.3, 0.4) is 0 Å². The van der Waals surface area contributed by atoms with Crippen LogP contribution < -0.4 is 5.32 Å². The average molecular weight is 366 g/mol. The van der Waals surface area contributed by atoms with Gasteiger partial charge in [0.1, 0.15) is 12.1 Å². The van der Waals surface area contributed by atoms with Crippen LogP contribution in [0, 0.1) is 0 Å². The number of aromatic nitrogens is 4. The first-order chi connectivity index (χ1) is 11.3. The number of rotatable bonds is 3. The average Bonchev–Trinajstić information content (AvgIpc) is 3.03. The Morgan fingerprint density at radius 2 is 1.70 bits per heavy atom. The van der Waals surface area contributed by atoms with Gasteiger partial charge in [-0.3, -0.25) is 0 Å². The molecule has 0 aliphatic rings. The van der Waals surface area contributed by atoms with Crippen molar-refractivity contribution in [3.05, 3.63) is 71.6 Å². The standard InChI is InChI=1S/C17H12BrN5/c18-12-6-8-13(9-7-12)22-16-15-10-21-23(17(15)20-11-19-16)14-4-2-1-3-5-14/h1-11H,(H,19,20,22). The number of hydrogen-bond donors (Lipinski definition) is 1. The Hall–Kier alpha value is -2.73. The predicted molar refractivity (Wildman–Crippen MR) is 94.1 cm³/mol. The van der Waals surface area contributed by atoms with Crippen molar-refractivity contribution >= 4 is 38.5 Å². The van der Waals surface area contributed by atoms with E-state index in [1.54, 1.807) is 12.5 Å². The van der Waals surface area contributed by atoms with E-state index in [9.17, 15) is 0 Å². The Kier molecular flexibility index (Phi) is 3.51. The third kappa shape index (κ3) is 2.68. The molecule has 4 aromatic rings. The third-order valence-corrected chi connectivity index (χ3v) is 4.00. The zero-order chi connectivity index (χ0) is 15.6. The molecule has 0 fully saturated rings. The van der Waals surface area contributed by atoms with E-state index in [1.807, 2.05) is 59.3 Å². The van der Waals surface area contributed by atoms with Gasteiger partial charge >= 0.3 is 0 Å². The summed E-state index contributed by atoms with van der Waals surface area (Å²) in [6.45, 7) is 0. The first-order valence-electron chi connectivity index (χ1n) is 7.08. The van der Waals surface area contributed by atoms with Crippen LogP contribution in [0.15, 0.2) is 71.6 Å². The van der Waals surface area contributed by atoms with Crippen molar-refractivity contribution in [1.29, 1.82) is 0 Å². The minimum atomic E-state index is 0.736. The second-order valence-corrected chi connectivity index (χ2v) is 5.90. The highest BCUT2D eigenvalue weighted by atomic mass is 79.9. The van der Waals surface area contributed by atoms with Crippen LogP contribution in [0.1, 0.15) is 0 Å². The minimum Gasteiger partial charge on any atom is -0.340 e. The first-order valence-corrected chi connectivity index (χ1v) is 7.87. The van der Waals surface area contributed by atoms with Crippen LogP contribution in [-0.2, 0) is 0 Å². The summed E-state index contributed by atoms with van der Waals surface area (Å²) in [5.74, 6) is 0.736. The maximum atomic E-state index is 4.45. The van der Waals surface area contributed by atoms with Crippen molar-refractivity contribution < 1.29 is 0 Å². The number of hydrogen-bond acceptors (Lipinski definition) is 4. The lowest BCUT2D eigenvalue weighted by atomic mass is 10.3. The Balaban J connectivity index is 1.77. The van der Waals surface area contributed by atoms with Gasteiger partial charge in [-0.2, -0.15) is 5.10 Å². The van der Waals surface area contributed by atoms with Crippen molar-refractivity contribution in [1.82, 2.24) is 19.7 Å². The number of nitrogens with one attached hydrogen (secondary N) is 1. The molecule has 0 spiro atoms. The van der Waals surface area contributed by atoms with Gasteiger partial charge in [0.15, 0.2) is 5.65 Å². The molecule has 6 heteroatoms. The van der Waals surface area contributed by atoms with Crippen molar-refractivity contribution in [3.8, 4) is 5.69 Å². The summed E-state index contributed by atoms with van der Waals surface area (Å²) in [7, 11) is 0. The zero-order valence-corrected chi connectivity index (χ0v) is 13.6. The van der Waals surface area contributed by atoms with Gasteiger partial charge in [0.05, 0.1) is 17.3 Å². The van der Waals surface area contributed by atoms with Gasteiger partial charge in [-0.1, -0.05) is 34.1 Å². The molecule has 0 amide bonds. The van der Waals surface area contributed by atoms with E-state index in [2.05, 4.69) is 36.3 Å². The van der Waals surface area contributed by atoms with Crippen LogP contribution in [-0.4, -0.2) is 19.7 Å². The van der Waals surface area contributed by atoms with Gasteiger partial charge in [-0.25, -0.2) is 14.6 Å². The Morgan fingerprint density at radius 3 is 2.48 bits per heavy atom. The summed E-state index contributed by atoms with van der Waals surface area (Å²) in [6.07, 6.45) is 3.33. The van der Waals surface area contributed by atoms with Gasteiger partial charge in [-0.15, -0.1) is 0 Å². The third-order valence-electron chi connectivity index (χ3n) is 3.47. The van der Waals surface area contributed by atoms with E-state index in [0.29, 0.717) is 0 Å². The van der Waals surface area contributed by atoms with Crippen LogP contribution in [0.4, 0.5) is 11.5 Å². The van der Waals surface area contributed by atoms with Crippen molar-refractivity contribution in [2.24, 2.45) is 0 Å². The summed E-state index contributed by atoms with van der Waals surface area (Å²) < 4.78 is 2.84. The van der Waals surface area contributed by atoms with Crippen molar-refractivity contribution in [2.45, 2.75) is 0 Å². The molecule has 2 heterocycles. The second-order valence-electron chi connectivity index (χ2n) is 4.98. The lowest BCUT2D eigenvalue weighted by Crippen LogP contribution is -1.99. The Bertz CT molecular complexity index is 948. The van der Waals surface area contributed by atoms with Crippen molar-refractivity contribution in [2.75, 3.05) is 5.32 Å². The fraction of sp³-hybridized carbons (Fsp3) is 0. The van der Waals surface area contributed by atoms with E-state index in [1.165, 1.54) is 0 Å². The van der Waals surface area contributed by atoms with E-state index in [4.69, 9.17) is 0 Å². The van der Waals surface area contributed by atoms with Crippen LogP contribution in [0.2, 0.25) is 0 Å². The maximum absolute atomic E-state index is 4.45. The highest BCUT2D eigenvalue weighted by Crippen LogP contribution is 2.25. The molecule has 23 heavy (non-hydrogen) atoms. The minimum absolute atomic E-state index is 0.736. The van der Waals surface area contributed by atoms with Crippen LogP contribution >= 0.6 is 15.9 Å². The summed E-state index contributed by atoms with van der Waals surface area (Å²) in [6, 6.07) is 17.9. The number of fused-ring (bicyclic) bond motifs is 1. The lowest BCUT2D eigenvalue weighted by Gasteiger charge is -2.07. The molecule has 112 valence electrons. The number of nitrogens with zero attached hydrogens (tertiary/aromatic N) is 4. The van der Waals surface area contributed by atoms with Gasteiger partial charge in [0, 0.05) is 10.2 Å². The van der Waals surface area contributed by atoms with E-state index < -0.39 is 0 Å². The number of benzene rings is 2. The molecule has 0 saturated heterocycles. The monoisotopic (exact) mass is 365 g/mol.